The van der Waals surface area contributed by atoms with E-state index in [4.69, 9.17) is 23.7 Å². The SMILES string of the molecule is C=C[C@@H](C)[C@@H](O)[C@H](OCOC)[C@@H]1CCOC(c2ccc(OC)cc2)O1. The lowest BCUT2D eigenvalue weighted by Crippen LogP contribution is -2.47. The van der Waals surface area contributed by atoms with E-state index < -0.39 is 18.5 Å². The van der Waals surface area contributed by atoms with Crippen LogP contribution in [0.25, 0.3) is 0 Å². The summed E-state index contributed by atoms with van der Waals surface area (Å²) in [5.74, 6) is 0.639. The first-order valence-electron chi connectivity index (χ1n) is 8.42. The summed E-state index contributed by atoms with van der Waals surface area (Å²) in [7, 11) is 3.17. The molecular weight excluding hydrogens is 324 g/mol. The van der Waals surface area contributed by atoms with Crippen LogP contribution < -0.4 is 4.74 Å². The molecule has 0 bridgehead atoms. The van der Waals surface area contributed by atoms with E-state index in [1.165, 1.54) is 0 Å². The zero-order valence-electron chi connectivity index (χ0n) is 15.1. The molecule has 25 heavy (non-hydrogen) atoms. The molecule has 2 rings (SSSR count). The molecule has 0 radical (unpaired) electrons. The topological polar surface area (TPSA) is 66.4 Å². The van der Waals surface area contributed by atoms with Crippen molar-refractivity contribution in [3.63, 3.8) is 0 Å². The molecule has 1 fully saturated rings. The van der Waals surface area contributed by atoms with Gasteiger partial charge in [0.05, 0.1) is 25.9 Å². The van der Waals surface area contributed by atoms with Crippen molar-refractivity contribution in [2.75, 3.05) is 27.6 Å². The van der Waals surface area contributed by atoms with Gasteiger partial charge in [-0.15, -0.1) is 6.58 Å². The van der Waals surface area contributed by atoms with E-state index >= 15 is 0 Å². The largest absolute Gasteiger partial charge is 0.497 e. The Kier molecular flexibility index (Phi) is 7.87. The van der Waals surface area contributed by atoms with E-state index in [2.05, 4.69) is 6.58 Å². The molecule has 1 heterocycles. The quantitative estimate of drug-likeness (QED) is 0.544. The molecule has 1 aromatic carbocycles. The fraction of sp³-hybridized carbons (Fsp3) is 0.579. The third-order valence-electron chi connectivity index (χ3n) is 4.35. The number of aliphatic hydroxyl groups excluding tert-OH is 1. The highest BCUT2D eigenvalue weighted by molar-refractivity contribution is 5.28. The lowest BCUT2D eigenvalue weighted by atomic mass is 9.94. The number of hydrogen-bond donors (Lipinski definition) is 1. The van der Waals surface area contributed by atoms with E-state index in [0.29, 0.717) is 13.0 Å². The summed E-state index contributed by atoms with van der Waals surface area (Å²) in [6.07, 6.45) is 0.235. The minimum absolute atomic E-state index is 0.0828. The normalized spacial score (nSPS) is 24.3. The molecule has 0 amide bonds. The minimum Gasteiger partial charge on any atom is -0.497 e. The molecule has 5 atom stereocenters. The molecule has 0 saturated carbocycles. The third-order valence-corrected chi connectivity index (χ3v) is 4.35. The highest BCUT2D eigenvalue weighted by Gasteiger charge is 2.37. The van der Waals surface area contributed by atoms with E-state index in [1.54, 1.807) is 20.3 Å². The van der Waals surface area contributed by atoms with Gasteiger partial charge in [0.1, 0.15) is 18.6 Å². The van der Waals surface area contributed by atoms with Gasteiger partial charge < -0.3 is 28.8 Å². The van der Waals surface area contributed by atoms with Crippen molar-refractivity contribution >= 4 is 0 Å². The van der Waals surface area contributed by atoms with Gasteiger partial charge in [-0.1, -0.05) is 25.1 Å². The maximum atomic E-state index is 10.6. The van der Waals surface area contributed by atoms with Crippen molar-refractivity contribution in [1.82, 2.24) is 0 Å². The van der Waals surface area contributed by atoms with Gasteiger partial charge in [0.25, 0.3) is 0 Å². The number of benzene rings is 1. The Morgan fingerprint density at radius 3 is 2.64 bits per heavy atom. The fourth-order valence-corrected chi connectivity index (χ4v) is 2.75. The monoisotopic (exact) mass is 352 g/mol. The first-order valence-corrected chi connectivity index (χ1v) is 8.42. The van der Waals surface area contributed by atoms with Gasteiger partial charge in [0.2, 0.25) is 0 Å². The van der Waals surface area contributed by atoms with Crippen molar-refractivity contribution in [3.05, 3.63) is 42.5 Å². The summed E-state index contributed by atoms with van der Waals surface area (Å²) in [5.41, 5.74) is 0.891. The van der Waals surface area contributed by atoms with Crippen LogP contribution in [-0.4, -0.2) is 51.0 Å². The van der Waals surface area contributed by atoms with Crippen LogP contribution >= 0.6 is 0 Å². The Labute approximate surface area is 149 Å². The second-order valence-electron chi connectivity index (χ2n) is 6.06. The van der Waals surface area contributed by atoms with Crippen LogP contribution in [0.2, 0.25) is 0 Å². The average molecular weight is 352 g/mol. The molecule has 6 heteroatoms. The molecule has 0 aromatic heterocycles. The van der Waals surface area contributed by atoms with Crippen LogP contribution in [0.4, 0.5) is 0 Å². The van der Waals surface area contributed by atoms with Crippen molar-refractivity contribution in [3.8, 4) is 5.75 Å². The zero-order valence-corrected chi connectivity index (χ0v) is 15.1. The maximum absolute atomic E-state index is 10.6. The first kappa shape index (κ1) is 19.9. The minimum atomic E-state index is -0.743. The summed E-state index contributed by atoms with van der Waals surface area (Å²) in [5, 5.41) is 10.6. The van der Waals surface area contributed by atoms with Gasteiger partial charge in [-0.3, -0.25) is 0 Å². The van der Waals surface area contributed by atoms with E-state index in [9.17, 15) is 5.11 Å². The summed E-state index contributed by atoms with van der Waals surface area (Å²) < 4.78 is 27.7. The molecule has 1 saturated heterocycles. The maximum Gasteiger partial charge on any atom is 0.184 e. The van der Waals surface area contributed by atoms with Gasteiger partial charge in [-0.2, -0.15) is 0 Å². The number of rotatable bonds is 9. The van der Waals surface area contributed by atoms with Gasteiger partial charge in [0.15, 0.2) is 6.29 Å². The Balaban J connectivity index is 2.10. The Bertz CT molecular complexity index is 517. The molecule has 1 aliphatic rings. The molecular formula is C19H28O6. The first-order chi connectivity index (χ1) is 12.1. The van der Waals surface area contributed by atoms with Gasteiger partial charge in [-0.05, 0) is 18.6 Å². The molecule has 0 aliphatic carbocycles. The van der Waals surface area contributed by atoms with E-state index in [1.807, 2.05) is 31.2 Å². The lowest BCUT2D eigenvalue weighted by Gasteiger charge is -2.38. The van der Waals surface area contributed by atoms with Crippen LogP contribution in [0.15, 0.2) is 36.9 Å². The molecule has 140 valence electrons. The molecule has 1 aromatic rings. The van der Waals surface area contributed by atoms with Crippen molar-refractivity contribution < 1.29 is 28.8 Å². The fourth-order valence-electron chi connectivity index (χ4n) is 2.75. The predicted octanol–water partition coefficient (Wildman–Crippen LogP) is 2.67. The van der Waals surface area contributed by atoms with Crippen LogP contribution in [0, 0.1) is 5.92 Å². The van der Waals surface area contributed by atoms with Crippen LogP contribution in [0.3, 0.4) is 0 Å². The lowest BCUT2D eigenvalue weighted by molar-refractivity contribution is -0.263. The molecule has 1 aliphatic heterocycles. The summed E-state index contributed by atoms with van der Waals surface area (Å²) in [6, 6.07) is 7.53. The number of methoxy groups -OCH3 is 2. The average Bonchev–Trinajstić information content (AvgIpc) is 2.67. The van der Waals surface area contributed by atoms with Crippen LogP contribution in [-0.2, 0) is 18.9 Å². The zero-order chi connectivity index (χ0) is 18.2. The second-order valence-corrected chi connectivity index (χ2v) is 6.06. The van der Waals surface area contributed by atoms with Crippen LogP contribution in [0.5, 0.6) is 5.75 Å². The van der Waals surface area contributed by atoms with Gasteiger partial charge in [-0.25, -0.2) is 0 Å². The highest BCUT2D eigenvalue weighted by Crippen LogP contribution is 2.31. The van der Waals surface area contributed by atoms with Crippen molar-refractivity contribution in [2.24, 2.45) is 5.92 Å². The van der Waals surface area contributed by atoms with Crippen molar-refractivity contribution in [2.45, 2.75) is 37.9 Å². The van der Waals surface area contributed by atoms with Crippen molar-refractivity contribution in [1.29, 1.82) is 0 Å². The second kappa shape index (κ2) is 9.89. The summed E-state index contributed by atoms with van der Waals surface area (Å²) in [6.45, 7) is 6.23. The Morgan fingerprint density at radius 1 is 1.32 bits per heavy atom. The van der Waals surface area contributed by atoms with E-state index in [0.717, 1.165) is 11.3 Å². The number of hydrogen-bond acceptors (Lipinski definition) is 6. The van der Waals surface area contributed by atoms with Gasteiger partial charge in [0, 0.05) is 18.6 Å². The van der Waals surface area contributed by atoms with Crippen LogP contribution in [0.1, 0.15) is 25.2 Å². The Morgan fingerprint density at radius 2 is 2.04 bits per heavy atom. The summed E-state index contributed by atoms with van der Waals surface area (Å²) in [4.78, 5) is 0. The number of aliphatic hydroxyl groups is 1. The molecule has 6 nitrogen and oxygen atoms in total. The standard InChI is InChI=1S/C19H28O6/c1-5-13(2)17(20)18(24-12-21-3)16-10-11-23-19(25-16)14-6-8-15(22-4)9-7-14/h5-9,13,16-20H,1,10-12H2,2-4H3/t13-,16+,17-,18-,19?/m1/s1. The molecule has 1 N–H and O–H groups in total. The molecule has 0 spiro atoms. The molecule has 1 unspecified atom stereocenters. The van der Waals surface area contributed by atoms with E-state index in [-0.39, 0.29) is 18.8 Å². The highest BCUT2D eigenvalue weighted by atomic mass is 16.7. The Hall–Kier alpha value is -1.44. The predicted molar refractivity (Wildman–Crippen MR) is 93.3 cm³/mol. The third kappa shape index (κ3) is 5.26. The van der Waals surface area contributed by atoms with Gasteiger partial charge >= 0.3 is 0 Å². The smallest absolute Gasteiger partial charge is 0.184 e. The number of ether oxygens (including phenoxy) is 5. The summed E-state index contributed by atoms with van der Waals surface area (Å²) >= 11 is 0.